The molecule has 126 valence electrons. The third kappa shape index (κ3) is 4.09. The zero-order valence-electron chi connectivity index (χ0n) is 13.9. The van der Waals surface area contributed by atoms with Crippen molar-refractivity contribution in [2.75, 3.05) is 46.3 Å². The fourth-order valence-electron chi connectivity index (χ4n) is 3.63. The molecule has 0 saturated carbocycles. The molecule has 0 unspecified atom stereocenters. The van der Waals surface area contributed by atoms with Crippen molar-refractivity contribution in [1.29, 1.82) is 0 Å². The van der Waals surface area contributed by atoms with Crippen LogP contribution in [0.15, 0.2) is 24.3 Å². The SMILES string of the molecule is CN1CCC[C@@H]1CCN1CCN(C(=O)c2ccc(F)cc2)CC1. The van der Waals surface area contributed by atoms with Crippen LogP contribution in [0.4, 0.5) is 4.39 Å². The molecule has 1 aromatic carbocycles. The number of piperazine rings is 1. The number of rotatable bonds is 4. The Hall–Kier alpha value is -1.46. The maximum Gasteiger partial charge on any atom is 0.253 e. The zero-order chi connectivity index (χ0) is 16.2. The summed E-state index contributed by atoms with van der Waals surface area (Å²) in [6.07, 6.45) is 3.86. The number of hydrogen-bond donors (Lipinski definition) is 0. The summed E-state index contributed by atoms with van der Waals surface area (Å²) in [6.45, 7) is 5.73. The van der Waals surface area contributed by atoms with Crippen LogP contribution in [-0.4, -0.2) is 73.0 Å². The minimum atomic E-state index is -0.303. The van der Waals surface area contributed by atoms with Crippen molar-refractivity contribution in [3.05, 3.63) is 35.6 Å². The van der Waals surface area contributed by atoms with E-state index in [1.165, 1.54) is 37.9 Å². The largest absolute Gasteiger partial charge is 0.336 e. The van der Waals surface area contributed by atoms with E-state index in [0.717, 1.165) is 38.8 Å². The van der Waals surface area contributed by atoms with Crippen molar-refractivity contribution < 1.29 is 9.18 Å². The van der Waals surface area contributed by atoms with Gasteiger partial charge in [-0.2, -0.15) is 0 Å². The molecule has 4 nitrogen and oxygen atoms in total. The predicted octanol–water partition coefficient (Wildman–Crippen LogP) is 2.07. The van der Waals surface area contributed by atoms with E-state index in [1.807, 2.05) is 4.90 Å². The molecule has 0 N–H and O–H groups in total. The van der Waals surface area contributed by atoms with Gasteiger partial charge in [-0.1, -0.05) is 0 Å². The van der Waals surface area contributed by atoms with Crippen LogP contribution in [-0.2, 0) is 0 Å². The molecule has 1 atom stereocenters. The highest BCUT2D eigenvalue weighted by Crippen LogP contribution is 2.18. The van der Waals surface area contributed by atoms with Crippen molar-refractivity contribution in [2.45, 2.75) is 25.3 Å². The summed E-state index contributed by atoms with van der Waals surface area (Å²) in [6, 6.07) is 6.57. The first kappa shape index (κ1) is 16.4. The number of halogens is 1. The van der Waals surface area contributed by atoms with Crippen molar-refractivity contribution in [3.63, 3.8) is 0 Å². The van der Waals surface area contributed by atoms with Gasteiger partial charge in [-0.05, 0) is 63.7 Å². The predicted molar refractivity (Wildman–Crippen MR) is 89.0 cm³/mol. The second-order valence-electron chi connectivity index (χ2n) is 6.71. The van der Waals surface area contributed by atoms with Crippen LogP contribution in [0.25, 0.3) is 0 Å². The van der Waals surface area contributed by atoms with Gasteiger partial charge in [0.15, 0.2) is 0 Å². The molecular weight excluding hydrogens is 293 g/mol. The van der Waals surface area contributed by atoms with Crippen LogP contribution in [0.1, 0.15) is 29.6 Å². The van der Waals surface area contributed by atoms with Gasteiger partial charge in [-0.15, -0.1) is 0 Å². The summed E-state index contributed by atoms with van der Waals surface area (Å²) in [4.78, 5) is 19.2. The van der Waals surface area contributed by atoms with Crippen molar-refractivity contribution >= 4 is 5.91 Å². The van der Waals surface area contributed by atoms with Gasteiger partial charge in [-0.25, -0.2) is 4.39 Å². The van der Waals surface area contributed by atoms with Gasteiger partial charge in [0.2, 0.25) is 0 Å². The van der Waals surface area contributed by atoms with E-state index in [-0.39, 0.29) is 11.7 Å². The van der Waals surface area contributed by atoms with Gasteiger partial charge in [0.1, 0.15) is 5.82 Å². The van der Waals surface area contributed by atoms with E-state index < -0.39 is 0 Å². The van der Waals surface area contributed by atoms with Gasteiger partial charge < -0.3 is 9.80 Å². The number of carbonyl (C=O) groups excluding carboxylic acids is 1. The molecule has 2 heterocycles. The Labute approximate surface area is 137 Å². The van der Waals surface area contributed by atoms with Gasteiger partial charge in [0.25, 0.3) is 5.91 Å². The summed E-state index contributed by atoms with van der Waals surface area (Å²) >= 11 is 0. The molecular formula is C18H26FN3O. The Balaban J connectivity index is 1.44. The first-order valence-corrected chi connectivity index (χ1v) is 8.61. The summed E-state index contributed by atoms with van der Waals surface area (Å²) < 4.78 is 12.9. The molecule has 0 aliphatic carbocycles. The topological polar surface area (TPSA) is 26.8 Å². The van der Waals surface area contributed by atoms with Crippen LogP contribution in [0.3, 0.4) is 0 Å². The minimum Gasteiger partial charge on any atom is -0.336 e. The molecule has 0 aromatic heterocycles. The molecule has 3 rings (SSSR count). The van der Waals surface area contributed by atoms with Crippen LogP contribution in [0.5, 0.6) is 0 Å². The Kier molecular flexibility index (Phi) is 5.28. The molecule has 2 fully saturated rings. The number of benzene rings is 1. The molecule has 0 spiro atoms. The number of nitrogens with zero attached hydrogens (tertiary/aromatic N) is 3. The number of amides is 1. The lowest BCUT2D eigenvalue weighted by Gasteiger charge is -2.35. The Bertz CT molecular complexity index is 526. The highest BCUT2D eigenvalue weighted by molar-refractivity contribution is 5.94. The highest BCUT2D eigenvalue weighted by Gasteiger charge is 2.24. The number of carbonyl (C=O) groups is 1. The third-order valence-electron chi connectivity index (χ3n) is 5.20. The molecule has 2 saturated heterocycles. The smallest absolute Gasteiger partial charge is 0.253 e. The first-order chi connectivity index (χ1) is 11.1. The lowest BCUT2D eigenvalue weighted by Crippen LogP contribution is -2.49. The summed E-state index contributed by atoms with van der Waals surface area (Å²) in [5.41, 5.74) is 0.576. The molecule has 5 heteroatoms. The van der Waals surface area contributed by atoms with E-state index >= 15 is 0 Å². The summed E-state index contributed by atoms with van der Waals surface area (Å²) in [7, 11) is 2.22. The quantitative estimate of drug-likeness (QED) is 0.850. The minimum absolute atomic E-state index is 0.0141. The van der Waals surface area contributed by atoms with Crippen LogP contribution in [0, 0.1) is 5.82 Å². The number of hydrogen-bond acceptors (Lipinski definition) is 3. The maximum absolute atomic E-state index is 12.9. The lowest BCUT2D eigenvalue weighted by atomic mass is 10.1. The monoisotopic (exact) mass is 319 g/mol. The number of likely N-dealkylation sites (tertiary alicyclic amines) is 1. The highest BCUT2D eigenvalue weighted by atomic mass is 19.1. The van der Waals surface area contributed by atoms with Crippen molar-refractivity contribution in [3.8, 4) is 0 Å². The molecule has 1 amide bonds. The van der Waals surface area contributed by atoms with Gasteiger partial charge in [0, 0.05) is 37.8 Å². The Morgan fingerprint density at radius 2 is 1.83 bits per heavy atom. The van der Waals surface area contributed by atoms with E-state index in [9.17, 15) is 9.18 Å². The maximum atomic E-state index is 12.9. The molecule has 2 aliphatic rings. The average Bonchev–Trinajstić information content (AvgIpc) is 2.99. The molecule has 1 aromatic rings. The van der Waals surface area contributed by atoms with Crippen molar-refractivity contribution in [1.82, 2.24) is 14.7 Å². The normalized spacial score (nSPS) is 23.4. The standard InChI is InChI=1S/C18H26FN3O/c1-20-9-2-3-17(20)8-10-21-11-13-22(14-12-21)18(23)15-4-6-16(19)7-5-15/h4-7,17H,2-3,8-14H2,1H3/t17-/m1/s1. The summed E-state index contributed by atoms with van der Waals surface area (Å²) in [5.74, 6) is -0.288. The zero-order valence-corrected chi connectivity index (χ0v) is 13.9. The molecule has 23 heavy (non-hydrogen) atoms. The van der Waals surface area contributed by atoms with Crippen LogP contribution in [0.2, 0.25) is 0 Å². The van der Waals surface area contributed by atoms with Crippen molar-refractivity contribution in [2.24, 2.45) is 0 Å². The summed E-state index contributed by atoms with van der Waals surface area (Å²) in [5, 5.41) is 0. The Morgan fingerprint density at radius 1 is 1.13 bits per heavy atom. The lowest BCUT2D eigenvalue weighted by molar-refractivity contribution is 0.0628. The fraction of sp³-hybridized carbons (Fsp3) is 0.611. The molecule has 0 radical (unpaired) electrons. The van der Waals surface area contributed by atoms with E-state index in [0.29, 0.717) is 5.56 Å². The van der Waals surface area contributed by atoms with Gasteiger partial charge in [-0.3, -0.25) is 9.69 Å². The third-order valence-corrected chi connectivity index (χ3v) is 5.20. The van der Waals surface area contributed by atoms with Crippen LogP contribution < -0.4 is 0 Å². The van der Waals surface area contributed by atoms with E-state index in [1.54, 1.807) is 12.1 Å². The Morgan fingerprint density at radius 3 is 2.43 bits per heavy atom. The average molecular weight is 319 g/mol. The van der Waals surface area contributed by atoms with E-state index in [4.69, 9.17) is 0 Å². The van der Waals surface area contributed by atoms with Gasteiger partial charge >= 0.3 is 0 Å². The van der Waals surface area contributed by atoms with E-state index in [2.05, 4.69) is 16.8 Å². The molecule has 0 bridgehead atoms. The molecule has 2 aliphatic heterocycles. The fourth-order valence-corrected chi connectivity index (χ4v) is 3.63. The second kappa shape index (κ2) is 7.41. The van der Waals surface area contributed by atoms with Gasteiger partial charge in [0.05, 0.1) is 0 Å². The second-order valence-corrected chi connectivity index (χ2v) is 6.71. The first-order valence-electron chi connectivity index (χ1n) is 8.61. The van der Waals surface area contributed by atoms with Crippen LogP contribution >= 0.6 is 0 Å².